The SMILES string of the molecule is COc1cccc([C@@H](C)NC(C)/C(N)=N/O)c1. The van der Waals surface area contributed by atoms with Gasteiger partial charge in [-0.2, -0.15) is 0 Å². The Hall–Kier alpha value is -1.75. The first-order valence-corrected chi connectivity index (χ1v) is 5.46. The first kappa shape index (κ1) is 13.3. The number of oxime groups is 1. The molecule has 0 spiro atoms. The summed E-state index contributed by atoms with van der Waals surface area (Å²) < 4.78 is 5.16. The van der Waals surface area contributed by atoms with E-state index in [1.54, 1.807) is 7.11 Å². The van der Waals surface area contributed by atoms with Crippen LogP contribution in [0.15, 0.2) is 29.4 Å². The number of nitrogens with one attached hydrogen (secondary N) is 1. The predicted molar refractivity (Wildman–Crippen MR) is 67.4 cm³/mol. The first-order valence-electron chi connectivity index (χ1n) is 5.46. The van der Waals surface area contributed by atoms with Crippen molar-refractivity contribution in [2.45, 2.75) is 25.9 Å². The summed E-state index contributed by atoms with van der Waals surface area (Å²) in [5.74, 6) is 0.979. The van der Waals surface area contributed by atoms with Gasteiger partial charge in [-0.25, -0.2) is 0 Å². The molecule has 0 saturated heterocycles. The predicted octanol–water partition coefficient (Wildman–Crippen LogP) is 1.48. The van der Waals surface area contributed by atoms with Crippen LogP contribution in [0.25, 0.3) is 0 Å². The van der Waals surface area contributed by atoms with Crippen molar-refractivity contribution in [2.75, 3.05) is 7.11 Å². The average molecular weight is 237 g/mol. The van der Waals surface area contributed by atoms with Crippen molar-refractivity contribution in [1.29, 1.82) is 0 Å². The quantitative estimate of drug-likeness (QED) is 0.313. The van der Waals surface area contributed by atoms with Gasteiger partial charge in [-0.05, 0) is 31.5 Å². The number of rotatable bonds is 5. The van der Waals surface area contributed by atoms with Gasteiger partial charge >= 0.3 is 0 Å². The summed E-state index contributed by atoms with van der Waals surface area (Å²) in [6, 6.07) is 7.67. The van der Waals surface area contributed by atoms with Crippen LogP contribution in [0.4, 0.5) is 0 Å². The minimum Gasteiger partial charge on any atom is -0.497 e. The van der Waals surface area contributed by atoms with E-state index in [4.69, 9.17) is 15.7 Å². The summed E-state index contributed by atoms with van der Waals surface area (Å²) in [6.07, 6.45) is 0. The molecule has 17 heavy (non-hydrogen) atoms. The van der Waals surface area contributed by atoms with Crippen molar-refractivity contribution in [2.24, 2.45) is 10.9 Å². The molecule has 0 heterocycles. The maximum atomic E-state index is 8.57. The van der Waals surface area contributed by atoms with Gasteiger partial charge in [-0.3, -0.25) is 0 Å². The average Bonchev–Trinajstić information content (AvgIpc) is 2.37. The number of nitrogens with two attached hydrogens (primary N) is 1. The van der Waals surface area contributed by atoms with Crippen LogP contribution in [0.5, 0.6) is 5.75 Å². The van der Waals surface area contributed by atoms with E-state index in [9.17, 15) is 0 Å². The molecule has 0 saturated carbocycles. The van der Waals surface area contributed by atoms with Crippen molar-refractivity contribution in [3.05, 3.63) is 29.8 Å². The van der Waals surface area contributed by atoms with Gasteiger partial charge in [-0.15, -0.1) is 0 Å². The van der Waals surface area contributed by atoms with Gasteiger partial charge in [0.25, 0.3) is 0 Å². The molecule has 0 radical (unpaired) electrons. The van der Waals surface area contributed by atoms with Gasteiger partial charge < -0.3 is 21.0 Å². The Morgan fingerprint density at radius 3 is 2.76 bits per heavy atom. The van der Waals surface area contributed by atoms with Crippen molar-refractivity contribution < 1.29 is 9.94 Å². The third kappa shape index (κ3) is 3.64. The Labute approximate surface area is 101 Å². The van der Waals surface area contributed by atoms with Crippen molar-refractivity contribution in [3.63, 3.8) is 0 Å². The number of hydrogen-bond acceptors (Lipinski definition) is 4. The van der Waals surface area contributed by atoms with Crippen molar-refractivity contribution in [3.8, 4) is 5.75 Å². The zero-order valence-electron chi connectivity index (χ0n) is 10.3. The summed E-state index contributed by atoms with van der Waals surface area (Å²) >= 11 is 0. The standard InChI is InChI=1S/C12H19N3O2/c1-8(14-9(2)12(13)15-16)10-5-4-6-11(7-10)17-3/h4-9,14,16H,1-3H3,(H2,13,15)/t8-,9?/m1/s1. The van der Waals surface area contributed by atoms with Gasteiger partial charge in [0.2, 0.25) is 0 Å². The second-order valence-corrected chi connectivity index (χ2v) is 3.91. The van der Waals surface area contributed by atoms with Gasteiger partial charge in [-0.1, -0.05) is 17.3 Å². The second-order valence-electron chi connectivity index (χ2n) is 3.91. The minimum atomic E-state index is -0.193. The molecule has 5 nitrogen and oxygen atoms in total. The Morgan fingerprint density at radius 2 is 2.18 bits per heavy atom. The molecule has 0 aliphatic heterocycles. The molecule has 0 fully saturated rings. The fourth-order valence-electron chi connectivity index (χ4n) is 1.55. The highest BCUT2D eigenvalue weighted by Gasteiger charge is 2.12. The summed E-state index contributed by atoms with van der Waals surface area (Å²) in [6.45, 7) is 3.85. The lowest BCUT2D eigenvalue weighted by molar-refractivity contribution is 0.314. The Bertz CT molecular complexity index is 393. The highest BCUT2D eigenvalue weighted by molar-refractivity contribution is 5.84. The van der Waals surface area contributed by atoms with Gasteiger partial charge in [0.1, 0.15) is 5.75 Å². The van der Waals surface area contributed by atoms with E-state index in [1.807, 2.05) is 38.1 Å². The van der Waals surface area contributed by atoms with Gasteiger partial charge in [0.05, 0.1) is 13.2 Å². The van der Waals surface area contributed by atoms with Crippen LogP contribution in [0.2, 0.25) is 0 Å². The maximum Gasteiger partial charge on any atom is 0.156 e. The van der Waals surface area contributed by atoms with Crippen LogP contribution in [-0.4, -0.2) is 24.2 Å². The summed E-state index contributed by atoms with van der Waals surface area (Å²) in [5, 5.41) is 14.8. The zero-order valence-corrected chi connectivity index (χ0v) is 10.3. The van der Waals surface area contributed by atoms with Crippen LogP contribution in [0.1, 0.15) is 25.5 Å². The molecule has 1 unspecified atom stereocenters. The van der Waals surface area contributed by atoms with E-state index in [2.05, 4.69) is 10.5 Å². The smallest absolute Gasteiger partial charge is 0.156 e. The van der Waals surface area contributed by atoms with Crippen LogP contribution in [0.3, 0.4) is 0 Å². The van der Waals surface area contributed by atoms with E-state index in [0.717, 1.165) is 11.3 Å². The number of ether oxygens (including phenoxy) is 1. The fraction of sp³-hybridized carbons (Fsp3) is 0.417. The van der Waals surface area contributed by atoms with E-state index in [-0.39, 0.29) is 17.9 Å². The number of benzene rings is 1. The lowest BCUT2D eigenvalue weighted by Gasteiger charge is -2.19. The van der Waals surface area contributed by atoms with Crippen molar-refractivity contribution in [1.82, 2.24) is 5.32 Å². The molecule has 1 aromatic rings. The maximum absolute atomic E-state index is 8.57. The minimum absolute atomic E-state index is 0.0837. The highest BCUT2D eigenvalue weighted by Crippen LogP contribution is 2.19. The topological polar surface area (TPSA) is 79.9 Å². The second kappa shape index (κ2) is 6.10. The first-order chi connectivity index (χ1) is 8.08. The Kier molecular flexibility index (Phi) is 4.78. The molecule has 2 atom stereocenters. The van der Waals surface area contributed by atoms with Crippen LogP contribution in [0, 0.1) is 0 Å². The lowest BCUT2D eigenvalue weighted by atomic mass is 10.1. The zero-order chi connectivity index (χ0) is 12.8. The Balaban J connectivity index is 2.72. The van der Waals surface area contributed by atoms with E-state index >= 15 is 0 Å². The molecule has 1 aromatic carbocycles. The van der Waals surface area contributed by atoms with Gasteiger partial charge in [0.15, 0.2) is 5.84 Å². The summed E-state index contributed by atoms with van der Waals surface area (Å²) in [7, 11) is 1.64. The molecule has 4 N–H and O–H groups in total. The van der Waals surface area contributed by atoms with E-state index in [0.29, 0.717) is 0 Å². The Morgan fingerprint density at radius 1 is 1.47 bits per heavy atom. The molecule has 94 valence electrons. The number of nitrogens with zero attached hydrogens (tertiary/aromatic N) is 1. The van der Waals surface area contributed by atoms with Crippen LogP contribution < -0.4 is 15.8 Å². The molecular formula is C12H19N3O2. The van der Waals surface area contributed by atoms with Crippen LogP contribution in [-0.2, 0) is 0 Å². The molecule has 1 rings (SSSR count). The van der Waals surface area contributed by atoms with Gasteiger partial charge in [0, 0.05) is 6.04 Å². The molecule has 0 amide bonds. The highest BCUT2D eigenvalue weighted by atomic mass is 16.5. The van der Waals surface area contributed by atoms with E-state index < -0.39 is 0 Å². The third-order valence-electron chi connectivity index (χ3n) is 2.65. The largest absolute Gasteiger partial charge is 0.497 e. The van der Waals surface area contributed by atoms with E-state index in [1.165, 1.54) is 0 Å². The molecule has 0 aliphatic rings. The number of methoxy groups -OCH3 is 1. The lowest BCUT2D eigenvalue weighted by Crippen LogP contribution is -2.40. The number of hydrogen-bond donors (Lipinski definition) is 3. The monoisotopic (exact) mass is 237 g/mol. The molecular weight excluding hydrogens is 218 g/mol. The molecule has 0 bridgehead atoms. The van der Waals surface area contributed by atoms with Crippen molar-refractivity contribution >= 4 is 5.84 Å². The molecule has 0 aromatic heterocycles. The summed E-state index contributed by atoms with van der Waals surface area (Å²) in [5.41, 5.74) is 6.60. The fourth-order valence-corrected chi connectivity index (χ4v) is 1.55. The molecule has 0 aliphatic carbocycles. The number of amidine groups is 1. The molecule has 5 heteroatoms. The third-order valence-corrected chi connectivity index (χ3v) is 2.65. The van der Waals surface area contributed by atoms with Crippen LogP contribution >= 0.6 is 0 Å². The summed E-state index contributed by atoms with van der Waals surface area (Å²) in [4.78, 5) is 0. The normalized spacial score (nSPS) is 15.4.